The molecule has 1 aromatic rings. The van der Waals surface area contributed by atoms with Crippen LogP contribution in [0.4, 0.5) is 10.1 Å². The van der Waals surface area contributed by atoms with Crippen LogP contribution in [0.15, 0.2) is 18.2 Å². The summed E-state index contributed by atoms with van der Waals surface area (Å²) < 4.78 is 18.3. The lowest BCUT2D eigenvalue weighted by Crippen LogP contribution is -2.34. The van der Waals surface area contributed by atoms with Gasteiger partial charge in [-0.1, -0.05) is 26.7 Å². The van der Waals surface area contributed by atoms with Gasteiger partial charge in [-0.05, 0) is 30.4 Å². The van der Waals surface area contributed by atoms with Crippen molar-refractivity contribution in [3.63, 3.8) is 0 Å². The Morgan fingerprint density at radius 1 is 1.28 bits per heavy atom. The number of halogens is 1. The monoisotopic (exact) mass is 251 g/mol. The molecule has 3 unspecified atom stereocenters. The smallest absolute Gasteiger partial charge is 0.165 e. The van der Waals surface area contributed by atoms with Crippen molar-refractivity contribution in [1.29, 1.82) is 0 Å². The van der Waals surface area contributed by atoms with Crippen molar-refractivity contribution < 1.29 is 9.13 Å². The normalized spacial score (nSPS) is 27.9. The van der Waals surface area contributed by atoms with E-state index in [4.69, 9.17) is 4.74 Å². The Bertz CT molecular complexity index is 407. The summed E-state index contributed by atoms with van der Waals surface area (Å²) in [6.07, 6.45) is 3.76. The molecule has 1 aliphatic rings. The molecule has 0 bridgehead atoms. The first kappa shape index (κ1) is 13.2. The van der Waals surface area contributed by atoms with Crippen LogP contribution in [-0.2, 0) is 0 Å². The predicted molar refractivity (Wildman–Crippen MR) is 72.5 cm³/mol. The quantitative estimate of drug-likeness (QED) is 0.874. The highest BCUT2D eigenvalue weighted by Gasteiger charge is 2.26. The fraction of sp³-hybridized carbons (Fsp3) is 0.600. The Hall–Kier alpha value is -1.25. The molecule has 0 heterocycles. The van der Waals surface area contributed by atoms with E-state index in [-0.39, 0.29) is 5.82 Å². The minimum absolute atomic E-state index is 0.302. The van der Waals surface area contributed by atoms with E-state index in [1.165, 1.54) is 32.4 Å². The maximum atomic E-state index is 13.3. The van der Waals surface area contributed by atoms with Gasteiger partial charge in [0.1, 0.15) is 0 Å². The van der Waals surface area contributed by atoms with Crippen LogP contribution < -0.4 is 10.1 Å². The van der Waals surface area contributed by atoms with Crippen LogP contribution in [-0.4, -0.2) is 13.2 Å². The first-order valence-corrected chi connectivity index (χ1v) is 6.72. The van der Waals surface area contributed by atoms with Gasteiger partial charge < -0.3 is 10.1 Å². The number of ether oxygens (including phenoxy) is 1. The molecule has 2 rings (SSSR count). The van der Waals surface area contributed by atoms with Crippen LogP contribution in [0.3, 0.4) is 0 Å². The van der Waals surface area contributed by atoms with Crippen LogP contribution in [0.2, 0.25) is 0 Å². The number of nitrogens with one attached hydrogen (secondary N) is 1. The zero-order valence-corrected chi connectivity index (χ0v) is 11.4. The van der Waals surface area contributed by atoms with Crippen molar-refractivity contribution in [3.05, 3.63) is 24.0 Å². The topological polar surface area (TPSA) is 21.3 Å². The van der Waals surface area contributed by atoms with Crippen LogP contribution >= 0.6 is 0 Å². The van der Waals surface area contributed by atoms with Crippen molar-refractivity contribution in [2.24, 2.45) is 11.8 Å². The SMILES string of the molecule is COc1cc(NC2CCCC(C)C2C)ccc1F. The first-order chi connectivity index (χ1) is 8.61. The molecule has 1 N–H and O–H groups in total. The van der Waals surface area contributed by atoms with Gasteiger partial charge >= 0.3 is 0 Å². The molecule has 3 heteroatoms. The second kappa shape index (κ2) is 5.59. The van der Waals surface area contributed by atoms with E-state index in [1.807, 2.05) is 0 Å². The third-order valence-electron chi connectivity index (χ3n) is 4.21. The first-order valence-electron chi connectivity index (χ1n) is 6.72. The maximum Gasteiger partial charge on any atom is 0.165 e. The lowest BCUT2D eigenvalue weighted by atomic mass is 9.78. The number of benzene rings is 1. The number of hydrogen-bond donors (Lipinski definition) is 1. The van der Waals surface area contributed by atoms with E-state index >= 15 is 0 Å². The van der Waals surface area contributed by atoms with E-state index in [0.717, 1.165) is 11.6 Å². The van der Waals surface area contributed by atoms with Gasteiger partial charge in [0.2, 0.25) is 0 Å². The molecule has 0 aliphatic heterocycles. The van der Waals surface area contributed by atoms with Gasteiger partial charge in [0.15, 0.2) is 11.6 Å². The Balaban J connectivity index is 2.09. The molecule has 18 heavy (non-hydrogen) atoms. The Morgan fingerprint density at radius 3 is 2.78 bits per heavy atom. The molecule has 3 atom stereocenters. The van der Waals surface area contributed by atoms with Gasteiger partial charge in [-0.15, -0.1) is 0 Å². The molecule has 100 valence electrons. The van der Waals surface area contributed by atoms with Crippen molar-refractivity contribution in [3.8, 4) is 5.75 Å². The van der Waals surface area contributed by atoms with E-state index < -0.39 is 0 Å². The summed E-state index contributed by atoms with van der Waals surface area (Å²) in [7, 11) is 1.49. The van der Waals surface area contributed by atoms with Crippen LogP contribution in [0.1, 0.15) is 33.1 Å². The van der Waals surface area contributed by atoms with Gasteiger partial charge in [0, 0.05) is 17.8 Å². The number of anilines is 1. The summed E-state index contributed by atoms with van der Waals surface area (Å²) in [4.78, 5) is 0. The van der Waals surface area contributed by atoms with Gasteiger partial charge in [-0.25, -0.2) is 4.39 Å². The second-order valence-electron chi connectivity index (χ2n) is 5.37. The van der Waals surface area contributed by atoms with Crippen molar-refractivity contribution >= 4 is 5.69 Å². The second-order valence-corrected chi connectivity index (χ2v) is 5.37. The largest absolute Gasteiger partial charge is 0.494 e. The number of methoxy groups -OCH3 is 1. The van der Waals surface area contributed by atoms with E-state index in [1.54, 1.807) is 12.1 Å². The molecule has 1 saturated carbocycles. The Morgan fingerprint density at radius 2 is 2.06 bits per heavy atom. The molecule has 0 amide bonds. The van der Waals surface area contributed by atoms with E-state index in [9.17, 15) is 4.39 Å². The molecule has 0 spiro atoms. The van der Waals surface area contributed by atoms with Gasteiger partial charge in [0.25, 0.3) is 0 Å². The third-order valence-corrected chi connectivity index (χ3v) is 4.21. The molecular weight excluding hydrogens is 229 g/mol. The summed E-state index contributed by atoms with van der Waals surface area (Å²) >= 11 is 0. The molecule has 0 radical (unpaired) electrons. The van der Waals surface area contributed by atoms with Crippen LogP contribution in [0.5, 0.6) is 5.75 Å². The number of rotatable bonds is 3. The van der Waals surface area contributed by atoms with Crippen molar-refractivity contribution in [2.45, 2.75) is 39.2 Å². The fourth-order valence-electron chi connectivity index (χ4n) is 2.75. The highest BCUT2D eigenvalue weighted by molar-refractivity contribution is 5.49. The number of hydrogen-bond acceptors (Lipinski definition) is 2. The molecule has 2 nitrogen and oxygen atoms in total. The van der Waals surface area contributed by atoms with Gasteiger partial charge in [0.05, 0.1) is 7.11 Å². The molecular formula is C15H22FNO. The lowest BCUT2D eigenvalue weighted by molar-refractivity contribution is 0.253. The summed E-state index contributed by atoms with van der Waals surface area (Å²) in [5.74, 6) is 1.39. The lowest BCUT2D eigenvalue weighted by Gasteiger charge is -2.35. The molecule has 0 saturated heterocycles. The Labute approximate surface area is 109 Å². The van der Waals surface area contributed by atoms with E-state index in [2.05, 4.69) is 19.2 Å². The van der Waals surface area contributed by atoms with Crippen molar-refractivity contribution in [2.75, 3.05) is 12.4 Å². The minimum Gasteiger partial charge on any atom is -0.494 e. The average molecular weight is 251 g/mol. The molecule has 0 aromatic heterocycles. The van der Waals surface area contributed by atoms with E-state index in [0.29, 0.717) is 17.7 Å². The third kappa shape index (κ3) is 2.77. The summed E-state index contributed by atoms with van der Waals surface area (Å²) in [5, 5.41) is 3.52. The summed E-state index contributed by atoms with van der Waals surface area (Å²) in [5.41, 5.74) is 0.944. The molecule has 1 aliphatic carbocycles. The average Bonchev–Trinajstić information content (AvgIpc) is 2.37. The van der Waals surface area contributed by atoms with Crippen LogP contribution in [0, 0.1) is 17.7 Å². The molecule has 1 fully saturated rings. The zero-order chi connectivity index (χ0) is 13.1. The highest BCUT2D eigenvalue weighted by Crippen LogP contribution is 2.32. The van der Waals surface area contributed by atoms with Crippen molar-refractivity contribution in [1.82, 2.24) is 0 Å². The zero-order valence-electron chi connectivity index (χ0n) is 11.4. The fourth-order valence-corrected chi connectivity index (χ4v) is 2.75. The van der Waals surface area contributed by atoms with Gasteiger partial charge in [-0.2, -0.15) is 0 Å². The minimum atomic E-state index is -0.312. The molecule has 1 aromatic carbocycles. The maximum absolute atomic E-state index is 13.3. The van der Waals surface area contributed by atoms with Crippen LogP contribution in [0.25, 0.3) is 0 Å². The van der Waals surface area contributed by atoms with Gasteiger partial charge in [-0.3, -0.25) is 0 Å². The predicted octanol–water partition coefficient (Wildman–Crippen LogP) is 4.07. The summed E-state index contributed by atoms with van der Waals surface area (Å²) in [6.45, 7) is 4.60. The summed E-state index contributed by atoms with van der Waals surface area (Å²) in [6, 6.07) is 5.45. The Kier molecular flexibility index (Phi) is 4.10. The standard InChI is InChI=1S/C15H22FNO/c1-10-5-4-6-14(11(10)2)17-12-7-8-13(16)15(9-12)18-3/h7-11,14,17H,4-6H2,1-3H3. The highest BCUT2D eigenvalue weighted by atomic mass is 19.1.